The second-order valence-electron chi connectivity index (χ2n) is 2.64. The van der Waals surface area contributed by atoms with Crippen molar-refractivity contribution in [1.29, 1.82) is 0 Å². The summed E-state index contributed by atoms with van der Waals surface area (Å²) in [5.74, 6) is 0. The van der Waals surface area contributed by atoms with Crippen molar-refractivity contribution >= 4 is 0 Å². The van der Waals surface area contributed by atoms with Crippen LogP contribution in [-0.4, -0.2) is 10.1 Å². The van der Waals surface area contributed by atoms with E-state index in [0.29, 0.717) is 6.20 Å². The predicted octanol–water partition coefficient (Wildman–Crippen LogP) is 2.15. The summed E-state index contributed by atoms with van der Waals surface area (Å²) < 4.78 is 36.8. The molecule has 1 atom stereocenters. The zero-order valence-corrected chi connectivity index (χ0v) is 6.84. The molecular weight excluding hydrogens is 183 g/mol. The van der Waals surface area contributed by atoms with E-state index in [2.05, 4.69) is 4.98 Å². The maximum Gasteiger partial charge on any atom is 0.418 e. The molecule has 0 bridgehead atoms. The number of hydrogen-bond donors (Lipinski definition) is 1. The minimum atomic E-state index is -4.46. The van der Waals surface area contributed by atoms with Crippen LogP contribution >= 0.6 is 0 Å². The Bertz CT molecular complexity index is 296. The van der Waals surface area contributed by atoms with E-state index in [1.54, 1.807) is 0 Å². The highest BCUT2D eigenvalue weighted by Gasteiger charge is 2.34. The lowest BCUT2D eigenvalue weighted by molar-refractivity contribution is -0.139. The van der Waals surface area contributed by atoms with Crippen molar-refractivity contribution in [3.8, 4) is 0 Å². The van der Waals surface area contributed by atoms with E-state index in [9.17, 15) is 13.2 Å². The minimum Gasteiger partial charge on any atom is -0.389 e. The molecule has 0 aliphatic heterocycles. The maximum absolute atomic E-state index is 12.3. The van der Waals surface area contributed by atoms with E-state index in [-0.39, 0.29) is 5.56 Å². The van der Waals surface area contributed by atoms with E-state index in [0.717, 1.165) is 6.07 Å². The third-order valence-corrected chi connectivity index (χ3v) is 1.61. The molecule has 0 aliphatic rings. The van der Waals surface area contributed by atoms with Crippen LogP contribution < -0.4 is 0 Å². The first-order chi connectivity index (χ1) is 5.93. The first kappa shape index (κ1) is 9.98. The Labute approximate surface area is 73.0 Å². The third kappa shape index (κ3) is 2.18. The van der Waals surface area contributed by atoms with Gasteiger partial charge in [0, 0.05) is 12.4 Å². The Morgan fingerprint density at radius 1 is 1.46 bits per heavy atom. The van der Waals surface area contributed by atoms with Crippen LogP contribution in [0.2, 0.25) is 0 Å². The molecule has 1 unspecified atom stereocenters. The summed E-state index contributed by atoms with van der Waals surface area (Å²) >= 11 is 0. The summed E-state index contributed by atoms with van der Waals surface area (Å²) in [6.07, 6.45) is -3.67. The van der Waals surface area contributed by atoms with Gasteiger partial charge < -0.3 is 5.11 Å². The predicted molar refractivity (Wildman–Crippen MR) is 39.9 cm³/mol. The average Bonchev–Trinajstić information content (AvgIpc) is 2.03. The van der Waals surface area contributed by atoms with Crippen molar-refractivity contribution in [3.63, 3.8) is 0 Å². The van der Waals surface area contributed by atoms with Crippen LogP contribution in [0, 0.1) is 0 Å². The van der Waals surface area contributed by atoms with Crippen molar-refractivity contribution in [2.24, 2.45) is 0 Å². The Morgan fingerprint density at radius 2 is 2.08 bits per heavy atom. The molecule has 0 aromatic carbocycles. The van der Waals surface area contributed by atoms with E-state index in [1.807, 2.05) is 0 Å². The number of pyridine rings is 1. The second kappa shape index (κ2) is 3.33. The van der Waals surface area contributed by atoms with Crippen LogP contribution in [0.25, 0.3) is 0 Å². The standard InChI is InChI=1S/C8H8F3NO/c1-5(13)6-2-3-12-4-7(6)8(9,10)11/h2-5,13H,1H3. The van der Waals surface area contributed by atoms with Crippen molar-refractivity contribution < 1.29 is 18.3 Å². The zero-order chi connectivity index (χ0) is 10.1. The summed E-state index contributed by atoms with van der Waals surface area (Å²) in [4.78, 5) is 3.36. The third-order valence-electron chi connectivity index (χ3n) is 1.61. The number of aliphatic hydroxyl groups excluding tert-OH is 1. The van der Waals surface area contributed by atoms with Gasteiger partial charge in [0.1, 0.15) is 0 Å². The molecule has 1 N–H and O–H groups in total. The summed E-state index contributed by atoms with van der Waals surface area (Å²) in [5, 5.41) is 9.04. The quantitative estimate of drug-likeness (QED) is 0.737. The van der Waals surface area contributed by atoms with Crippen LogP contribution in [0.15, 0.2) is 18.5 Å². The molecule has 72 valence electrons. The number of aliphatic hydroxyl groups is 1. The summed E-state index contributed by atoms with van der Waals surface area (Å²) in [6.45, 7) is 1.28. The second-order valence-corrected chi connectivity index (χ2v) is 2.64. The monoisotopic (exact) mass is 191 g/mol. The molecule has 0 fully saturated rings. The number of aromatic nitrogens is 1. The van der Waals surface area contributed by atoms with Gasteiger partial charge in [-0.1, -0.05) is 0 Å². The van der Waals surface area contributed by atoms with Gasteiger partial charge in [-0.2, -0.15) is 13.2 Å². The normalized spacial score (nSPS) is 14.2. The lowest BCUT2D eigenvalue weighted by Crippen LogP contribution is -2.11. The molecule has 0 saturated carbocycles. The molecular formula is C8H8F3NO. The fourth-order valence-corrected chi connectivity index (χ4v) is 1.01. The highest BCUT2D eigenvalue weighted by molar-refractivity contribution is 5.27. The smallest absolute Gasteiger partial charge is 0.389 e. The van der Waals surface area contributed by atoms with Crippen LogP contribution in [0.3, 0.4) is 0 Å². The highest BCUT2D eigenvalue weighted by atomic mass is 19.4. The van der Waals surface area contributed by atoms with E-state index < -0.39 is 17.8 Å². The Balaban J connectivity index is 3.20. The summed E-state index contributed by atoms with van der Waals surface area (Å²) in [6, 6.07) is 1.16. The molecule has 0 spiro atoms. The fraction of sp³-hybridized carbons (Fsp3) is 0.375. The Morgan fingerprint density at radius 3 is 2.46 bits per heavy atom. The van der Waals surface area contributed by atoms with Gasteiger partial charge in [-0.15, -0.1) is 0 Å². The van der Waals surface area contributed by atoms with Gasteiger partial charge in [0.05, 0.1) is 11.7 Å². The van der Waals surface area contributed by atoms with Crippen molar-refractivity contribution in [3.05, 3.63) is 29.6 Å². The molecule has 1 rings (SSSR count). The van der Waals surface area contributed by atoms with Gasteiger partial charge in [-0.3, -0.25) is 4.98 Å². The number of rotatable bonds is 1. The number of hydrogen-bond acceptors (Lipinski definition) is 2. The number of halogens is 3. The summed E-state index contributed by atoms with van der Waals surface area (Å²) in [5.41, 5.74) is -1.03. The van der Waals surface area contributed by atoms with Crippen molar-refractivity contribution in [1.82, 2.24) is 4.98 Å². The molecule has 1 aromatic rings. The first-order valence-electron chi connectivity index (χ1n) is 3.62. The van der Waals surface area contributed by atoms with Crippen LogP contribution in [-0.2, 0) is 6.18 Å². The van der Waals surface area contributed by atoms with Gasteiger partial charge in [-0.05, 0) is 18.6 Å². The number of alkyl halides is 3. The van der Waals surface area contributed by atoms with E-state index in [4.69, 9.17) is 5.11 Å². The zero-order valence-electron chi connectivity index (χ0n) is 6.84. The van der Waals surface area contributed by atoms with Gasteiger partial charge in [-0.25, -0.2) is 0 Å². The highest BCUT2D eigenvalue weighted by Crippen LogP contribution is 2.33. The SMILES string of the molecule is CC(O)c1ccncc1C(F)(F)F. The van der Waals surface area contributed by atoms with Crippen LogP contribution in [0.4, 0.5) is 13.2 Å². The van der Waals surface area contributed by atoms with Gasteiger partial charge in [0.15, 0.2) is 0 Å². The molecule has 0 aliphatic carbocycles. The van der Waals surface area contributed by atoms with Crippen molar-refractivity contribution in [2.75, 3.05) is 0 Å². The average molecular weight is 191 g/mol. The lowest BCUT2D eigenvalue weighted by atomic mass is 10.1. The first-order valence-corrected chi connectivity index (χ1v) is 3.62. The van der Waals surface area contributed by atoms with Gasteiger partial charge >= 0.3 is 6.18 Å². The van der Waals surface area contributed by atoms with E-state index >= 15 is 0 Å². The molecule has 1 aromatic heterocycles. The molecule has 1 heterocycles. The maximum atomic E-state index is 12.3. The Hall–Kier alpha value is -1.10. The van der Waals surface area contributed by atoms with Gasteiger partial charge in [0.2, 0.25) is 0 Å². The Kier molecular flexibility index (Phi) is 2.56. The van der Waals surface area contributed by atoms with Crippen LogP contribution in [0.5, 0.6) is 0 Å². The molecule has 0 amide bonds. The molecule has 0 saturated heterocycles. The largest absolute Gasteiger partial charge is 0.418 e. The fourth-order valence-electron chi connectivity index (χ4n) is 1.01. The summed E-state index contributed by atoms with van der Waals surface area (Å²) in [7, 11) is 0. The van der Waals surface area contributed by atoms with Gasteiger partial charge in [0.25, 0.3) is 0 Å². The van der Waals surface area contributed by atoms with Crippen LogP contribution in [0.1, 0.15) is 24.2 Å². The molecule has 13 heavy (non-hydrogen) atoms. The topological polar surface area (TPSA) is 33.1 Å². The lowest BCUT2D eigenvalue weighted by Gasteiger charge is -2.13. The molecule has 5 heteroatoms. The molecule has 0 radical (unpaired) electrons. The number of nitrogens with zero attached hydrogens (tertiary/aromatic N) is 1. The van der Waals surface area contributed by atoms with E-state index in [1.165, 1.54) is 13.1 Å². The minimum absolute atomic E-state index is 0.150. The van der Waals surface area contributed by atoms with Crippen molar-refractivity contribution in [2.45, 2.75) is 19.2 Å². The molecule has 2 nitrogen and oxygen atoms in total.